The lowest BCUT2D eigenvalue weighted by Crippen LogP contribution is -2.35. The molecule has 0 bridgehead atoms. The van der Waals surface area contributed by atoms with Gasteiger partial charge in [0, 0.05) is 11.5 Å². The third-order valence-corrected chi connectivity index (χ3v) is 3.57. The Hall–Kier alpha value is -0.380. The first kappa shape index (κ1) is 13.7. The van der Waals surface area contributed by atoms with E-state index in [0.29, 0.717) is 6.61 Å². The number of rotatable bonds is 4. The van der Waals surface area contributed by atoms with Crippen molar-refractivity contribution in [3.63, 3.8) is 0 Å². The maximum absolute atomic E-state index is 10.4. The molecule has 0 amide bonds. The van der Waals surface area contributed by atoms with Gasteiger partial charge in [0.25, 0.3) is 0 Å². The lowest BCUT2D eigenvalue weighted by Gasteiger charge is -2.34. The molecular weight excluding hydrogens is 220 g/mol. The molecule has 1 aromatic rings. The zero-order valence-electron chi connectivity index (χ0n) is 10.8. The molecule has 0 saturated carbocycles. The summed E-state index contributed by atoms with van der Waals surface area (Å²) >= 11 is 1.66. The summed E-state index contributed by atoms with van der Waals surface area (Å²) < 4.78 is 5.70. The Morgan fingerprint density at radius 2 is 2.06 bits per heavy atom. The normalized spacial score (nSPS) is 16.1. The molecule has 16 heavy (non-hydrogen) atoms. The van der Waals surface area contributed by atoms with Gasteiger partial charge in [-0.1, -0.05) is 20.8 Å². The minimum atomic E-state index is -0.536. The van der Waals surface area contributed by atoms with E-state index < -0.39 is 6.10 Å². The molecule has 2 nitrogen and oxygen atoms in total. The van der Waals surface area contributed by atoms with Crippen LogP contribution >= 0.6 is 11.3 Å². The van der Waals surface area contributed by atoms with Gasteiger partial charge in [0.2, 0.25) is 0 Å². The second-order valence-electron chi connectivity index (χ2n) is 5.12. The molecule has 0 aliphatic heterocycles. The summed E-state index contributed by atoms with van der Waals surface area (Å²) in [6.45, 7) is 10.9. The first-order valence-electron chi connectivity index (χ1n) is 5.71. The Labute approximate surface area is 102 Å². The lowest BCUT2D eigenvalue weighted by molar-refractivity contribution is -0.0899. The van der Waals surface area contributed by atoms with Gasteiger partial charge in [-0.05, 0) is 36.3 Å². The molecule has 0 radical (unpaired) electrons. The number of hydrogen-bond acceptors (Lipinski definition) is 3. The van der Waals surface area contributed by atoms with E-state index in [4.69, 9.17) is 4.74 Å². The third-order valence-electron chi connectivity index (χ3n) is 2.70. The highest BCUT2D eigenvalue weighted by Crippen LogP contribution is 2.35. The van der Waals surface area contributed by atoms with Gasteiger partial charge in [-0.2, -0.15) is 0 Å². The van der Waals surface area contributed by atoms with Gasteiger partial charge in [0.15, 0.2) is 0 Å². The van der Waals surface area contributed by atoms with Crippen molar-refractivity contribution in [3.05, 3.63) is 21.9 Å². The predicted octanol–water partition coefficient (Wildman–Crippen LogP) is 3.54. The quantitative estimate of drug-likeness (QED) is 0.875. The molecule has 1 N–H and O–H groups in total. The summed E-state index contributed by atoms with van der Waals surface area (Å²) in [7, 11) is 0. The van der Waals surface area contributed by atoms with E-state index in [2.05, 4.69) is 20.8 Å². The van der Waals surface area contributed by atoms with Gasteiger partial charge in [-0.15, -0.1) is 11.3 Å². The zero-order chi connectivity index (χ0) is 12.3. The molecule has 3 heteroatoms. The van der Waals surface area contributed by atoms with Crippen LogP contribution in [-0.2, 0) is 4.74 Å². The van der Waals surface area contributed by atoms with Gasteiger partial charge in [-0.25, -0.2) is 0 Å². The first-order chi connectivity index (χ1) is 7.38. The first-order valence-corrected chi connectivity index (χ1v) is 6.59. The Kier molecular flexibility index (Phi) is 4.53. The van der Waals surface area contributed by atoms with Crippen LogP contribution in [0.4, 0.5) is 0 Å². The Morgan fingerprint density at radius 1 is 1.44 bits per heavy atom. The lowest BCUT2D eigenvalue weighted by atomic mass is 9.83. The number of ether oxygens (including phenoxy) is 1. The molecule has 1 rings (SSSR count). The number of aliphatic hydroxyl groups excluding tert-OH is 1. The molecule has 2 atom stereocenters. The van der Waals surface area contributed by atoms with E-state index in [-0.39, 0.29) is 11.5 Å². The van der Waals surface area contributed by atoms with Crippen LogP contribution in [0.3, 0.4) is 0 Å². The fraction of sp³-hybridized carbons (Fsp3) is 0.692. The molecule has 0 saturated heterocycles. The Balaban J connectivity index is 2.92. The molecular formula is C13H22O2S. The van der Waals surface area contributed by atoms with Gasteiger partial charge >= 0.3 is 0 Å². The van der Waals surface area contributed by atoms with Gasteiger partial charge in [0.05, 0.1) is 6.10 Å². The second-order valence-corrected chi connectivity index (χ2v) is 6.24. The smallest absolute Gasteiger partial charge is 0.107 e. The van der Waals surface area contributed by atoms with Crippen LogP contribution in [0.2, 0.25) is 0 Å². The summed E-state index contributed by atoms with van der Waals surface area (Å²) in [6.07, 6.45) is -0.697. The van der Waals surface area contributed by atoms with E-state index in [1.165, 1.54) is 4.88 Å². The molecule has 0 fully saturated rings. The largest absolute Gasteiger partial charge is 0.386 e. The monoisotopic (exact) mass is 242 g/mol. The predicted molar refractivity (Wildman–Crippen MR) is 68.9 cm³/mol. The van der Waals surface area contributed by atoms with Crippen molar-refractivity contribution in [3.8, 4) is 0 Å². The van der Waals surface area contributed by atoms with Gasteiger partial charge < -0.3 is 9.84 Å². The van der Waals surface area contributed by atoms with Crippen molar-refractivity contribution in [2.24, 2.45) is 5.41 Å². The van der Waals surface area contributed by atoms with E-state index in [9.17, 15) is 5.11 Å². The van der Waals surface area contributed by atoms with Crippen LogP contribution in [0, 0.1) is 12.3 Å². The van der Waals surface area contributed by atoms with Crippen molar-refractivity contribution in [1.82, 2.24) is 0 Å². The summed E-state index contributed by atoms with van der Waals surface area (Å²) in [6, 6.07) is 1.99. The van der Waals surface area contributed by atoms with Gasteiger partial charge in [0.1, 0.15) is 6.10 Å². The molecule has 2 unspecified atom stereocenters. The molecule has 0 aromatic carbocycles. The highest BCUT2D eigenvalue weighted by molar-refractivity contribution is 7.10. The van der Waals surface area contributed by atoms with Crippen LogP contribution in [0.5, 0.6) is 0 Å². The van der Waals surface area contributed by atoms with Crippen molar-refractivity contribution in [2.75, 3.05) is 6.61 Å². The third kappa shape index (κ3) is 3.06. The van der Waals surface area contributed by atoms with Crippen molar-refractivity contribution >= 4 is 11.3 Å². The summed E-state index contributed by atoms with van der Waals surface area (Å²) in [5.74, 6) is 0. The van der Waals surface area contributed by atoms with Crippen molar-refractivity contribution < 1.29 is 9.84 Å². The fourth-order valence-corrected chi connectivity index (χ4v) is 2.60. The number of aryl methyl sites for hydroxylation is 1. The van der Waals surface area contributed by atoms with Crippen LogP contribution in [0.15, 0.2) is 11.4 Å². The summed E-state index contributed by atoms with van der Waals surface area (Å²) in [5.41, 5.74) is 0.933. The molecule has 0 spiro atoms. The topological polar surface area (TPSA) is 29.5 Å². The summed E-state index contributed by atoms with van der Waals surface area (Å²) in [4.78, 5) is 1.17. The maximum atomic E-state index is 10.4. The minimum Gasteiger partial charge on any atom is -0.386 e. The SMILES string of the molecule is CCOC(C(O)c1ccsc1C)C(C)(C)C. The van der Waals surface area contributed by atoms with Crippen molar-refractivity contribution in [1.29, 1.82) is 0 Å². The average Bonchev–Trinajstić information content (AvgIpc) is 2.58. The van der Waals surface area contributed by atoms with Crippen LogP contribution < -0.4 is 0 Å². The highest BCUT2D eigenvalue weighted by Gasteiger charge is 2.33. The molecule has 0 aliphatic carbocycles. The molecule has 1 heterocycles. The van der Waals surface area contributed by atoms with E-state index in [1.54, 1.807) is 11.3 Å². The average molecular weight is 242 g/mol. The number of aliphatic hydroxyl groups is 1. The van der Waals surface area contributed by atoms with Crippen molar-refractivity contribution in [2.45, 2.75) is 46.8 Å². The Bertz CT molecular complexity index is 325. The molecule has 92 valence electrons. The van der Waals surface area contributed by atoms with Crippen LogP contribution in [-0.4, -0.2) is 17.8 Å². The van der Waals surface area contributed by atoms with E-state index in [0.717, 1.165) is 5.56 Å². The van der Waals surface area contributed by atoms with Crippen LogP contribution in [0.25, 0.3) is 0 Å². The standard InChI is InChI=1S/C13H22O2S/c1-6-15-12(13(3,4)5)11(14)10-7-8-16-9(10)2/h7-8,11-12,14H,6H2,1-5H3. The van der Waals surface area contributed by atoms with E-state index >= 15 is 0 Å². The van der Waals surface area contributed by atoms with E-state index in [1.807, 2.05) is 25.3 Å². The number of thiophene rings is 1. The molecule has 0 aliphatic rings. The fourth-order valence-electron chi connectivity index (χ4n) is 1.86. The molecule has 1 aromatic heterocycles. The van der Waals surface area contributed by atoms with Gasteiger partial charge in [-0.3, -0.25) is 0 Å². The maximum Gasteiger partial charge on any atom is 0.107 e. The number of hydrogen-bond donors (Lipinski definition) is 1. The van der Waals surface area contributed by atoms with Crippen LogP contribution in [0.1, 0.15) is 44.2 Å². The zero-order valence-corrected chi connectivity index (χ0v) is 11.6. The Morgan fingerprint density at radius 3 is 2.44 bits per heavy atom. The highest BCUT2D eigenvalue weighted by atomic mass is 32.1. The summed E-state index contributed by atoms with van der Waals surface area (Å²) in [5, 5.41) is 12.4. The minimum absolute atomic E-state index is 0.0657. The second kappa shape index (κ2) is 5.30.